The number of methoxy groups -OCH3 is 1. The van der Waals surface area contributed by atoms with Gasteiger partial charge in [-0.2, -0.15) is 0 Å². The van der Waals surface area contributed by atoms with Crippen LogP contribution in [-0.2, 0) is 22.1 Å². The Labute approximate surface area is 213 Å². The van der Waals surface area contributed by atoms with Gasteiger partial charge in [0.15, 0.2) is 0 Å². The Hall–Kier alpha value is -2.58. The second-order valence-corrected chi connectivity index (χ2v) is 11.2. The molecule has 5 rings (SSSR count). The summed E-state index contributed by atoms with van der Waals surface area (Å²) >= 11 is 0. The molecule has 1 aliphatic carbocycles. The third kappa shape index (κ3) is 4.08. The second-order valence-electron chi connectivity index (χ2n) is 11.2. The summed E-state index contributed by atoms with van der Waals surface area (Å²) < 4.78 is 7.68. The highest BCUT2D eigenvalue weighted by Gasteiger charge is 2.50. The van der Waals surface area contributed by atoms with Crippen LogP contribution in [0.25, 0.3) is 10.9 Å². The minimum atomic E-state index is -0.365. The largest absolute Gasteiger partial charge is 0.497 e. The first kappa shape index (κ1) is 25.1. The van der Waals surface area contributed by atoms with Gasteiger partial charge in [-0.15, -0.1) is 0 Å². The van der Waals surface area contributed by atoms with Gasteiger partial charge in [0, 0.05) is 55.2 Å². The molecule has 0 bridgehead atoms. The molecule has 2 amide bonds. The minimum Gasteiger partial charge on any atom is -0.497 e. The van der Waals surface area contributed by atoms with E-state index in [4.69, 9.17) is 4.74 Å². The lowest BCUT2D eigenvalue weighted by Gasteiger charge is -2.51. The number of nitrogens with zero attached hydrogens (tertiary/aromatic N) is 4. The Bertz CT molecular complexity index is 1140. The number of aliphatic hydroxyl groups is 1. The molecule has 8 heteroatoms. The highest BCUT2D eigenvalue weighted by atomic mass is 16.5. The molecule has 3 heterocycles. The Kier molecular flexibility index (Phi) is 6.76. The van der Waals surface area contributed by atoms with Crippen molar-refractivity contribution >= 4 is 22.7 Å². The van der Waals surface area contributed by atoms with Crippen molar-refractivity contribution in [1.29, 1.82) is 0 Å². The maximum Gasteiger partial charge on any atom is 0.236 e. The van der Waals surface area contributed by atoms with Crippen molar-refractivity contribution < 1.29 is 19.4 Å². The van der Waals surface area contributed by atoms with Gasteiger partial charge in [0.25, 0.3) is 0 Å². The molecule has 0 radical (unpaired) electrons. The Morgan fingerprint density at radius 2 is 1.86 bits per heavy atom. The van der Waals surface area contributed by atoms with Gasteiger partial charge in [-0.1, -0.05) is 12.8 Å². The van der Waals surface area contributed by atoms with Gasteiger partial charge in [-0.05, 0) is 57.5 Å². The predicted octanol–water partition coefficient (Wildman–Crippen LogP) is 2.67. The van der Waals surface area contributed by atoms with Crippen molar-refractivity contribution in [3.8, 4) is 5.75 Å². The maximum absolute atomic E-state index is 13.8. The number of carbonyl (C=O) groups excluding carboxylic acids is 2. The van der Waals surface area contributed by atoms with Crippen LogP contribution in [0, 0.1) is 5.92 Å². The third-order valence-corrected chi connectivity index (χ3v) is 8.83. The van der Waals surface area contributed by atoms with E-state index in [0.717, 1.165) is 60.9 Å². The summed E-state index contributed by atoms with van der Waals surface area (Å²) in [5, 5.41) is 11.8. The number of piperidine rings is 1. The molecule has 1 N–H and O–H groups in total. The molecule has 1 spiro atoms. The van der Waals surface area contributed by atoms with Crippen molar-refractivity contribution in [3.63, 3.8) is 0 Å². The Morgan fingerprint density at radius 3 is 2.47 bits per heavy atom. The van der Waals surface area contributed by atoms with Crippen LogP contribution in [-0.4, -0.2) is 90.2 Å². The van der Waals surface area contributed by atoms with Crippen LogP contribution in [0.1, 0.15) is 55.8 Å². The molecule has 1 saturated carbocycles. The van der Waals surface area contributed by atoms with Crippen molar-refractivity contribution in [1.82, 2.24) is 19.3 Å². The zero-order chi connectivity index (χ0) is 25.6. The molecule has 3 aliphatic rings. The monoisotopic (exact) mass is 496 g/mol. The van der Waals surface area contributed by atoms with E-state index < -0.39 is 0 Å². The number of aliphatic hydroxyl groups excluding tert-OH is 1. The molecule has 2 aliphatic heterocycles. The summed E-state index contributed by atoms with van der Waals surface area (Å²) in [4.78, 5) is 32.5. The second kappa shape index (κ2) is 9.71. The van der Waals surface area contributed by atoms with E-state index in [1.165, 1.54) is 5.56 Å². The summed E-state index contributed by atoms with van der Waals surface area (Å²) in [7, 11) is 7.55. The fourth-order valence-electron chi connectivity index (χ4n) is 6.96. The van der Waals surface area contributed by atoms with Gasteiger partial charge < -0.3 is 29.1 Å². The number of hydrogen-bond donors (Lipinski definition) is 1. The fourth-order valence-corrected chi connectivity index (χ4v) is 6.96. The van der Waals surface area contributed by atoms with Crippen molar-refractivity contribution in [3.05, 3.63) is 29.5 Å². The van der Waals surface area contributed by atoms with Crippen molar-refractivity contribution in [2.75, 3.05) is 54.0 Å². The fraction of sp³-hybridized carbons (Fsp3) is 0.643. The van der Waals surface area contributed by atoms with E-state index in [2.05, 4.69) is 16.7 Å². The van der Waals surface area contributed by atoms with Crippen LogP contribution < -0.4 is 4.74 Å². The minimum absolute atomic E-state index is 0.0502. The lowest BCUT2D eigenvalue weighted by Crippen LogP contribution is -2.57. The van der Waals surface area contributed by atoms with Crippen LogP contribution in [0.3, 0.4) is 0 Å². The van der Waals surface area contributed by atoms with E-state index >= 15 is 0 Å². The molecule has 2 aromatic rings. The van der Waals surface area contributed by atoms with Crippen molar-refractivity contribution in [2.24, 2.45) is 13.0 Å². The topological polar surface area (TPSA) is 78.2 Å². The van der Waals surface area contributed by atoms with Gasteiger partial charge in [0.2, 0.25) is 11.8 Å². The first-order valence-electron chi connectivity index (χ1n) is 13.3. The number of hydrogen-bond acceptors (Lipinski definition) is 5. The molecular weight excluding hydrogens is 456 g/mol. The summed E-state index contributed by atoms with van der Waals surface area (Å²) in [5.41, 5.74) is 3.08. The van der Waals surface area contributed by atoms with Gasteiger partial charge >= 0.3 is 0 Å². The number of likely N-dealkylation sites (tertiary alicyclic amines) is 1. The van der Waals surface area contributed by atoms with E-state index in [1.807, 2.05) is 41.9 Å². The lowest BCUT2D eigenvalue weighted by molar-refractivity contribution is -0.143. The van der Waals surface area contributed by atoms with E-state index in [9.17, 15) is 14.7 Å². The number of benzene rings is 1. The zero-order valence-electron chi connectivity index (χ0n) is 22.1. The van der Waals surface area contributed by atoms with E-state index in [-0.39, 0.29) is 35.8 Å². The molecule has 1 atom stereocenters. The molecule has 196 valence electrons. The van der Waals surface area contributed by atoms with Crippen LogP contribution in [0.15, 0.2) is 18.2 Å². The zero-order valence-corrected chi connectivity index (χ0v) is 22.1. The summed E-state index contributed by atoms with van der Waals surface area (Å²) in [6.07, 6.45) is 5.68. The molecule has 1 aromatic carbocycles. The number of ether oxygens (including phenoxy) is 1. The Balaban J connectivity index is 1.60. The number of carbonyl (C=O) groups is 2. The van der Waals surface area contributed by atoms with Gasteiger partial charge in [-0.3, -0.25) is 9.59 Å². The highest BCUT2D eigenvalue weighted by Crippen LogP contribution is 2.50. The molecule has 1 saturated heterocycles. The van der Waals surface area contributed by atoms with E-state index in [0.29, 0.717) is 26.2 Å². The van der Waals surface area contributed by atoms with Crippen LogP contribution in [0.4, 0.5) is 0 Å². The number of aryl methyl sites for hydroxylation is 1. The quantitative estimate of drug-likeness (QED) is 0.689. The maximum atomic E-state index is 13.8. The average molecular weight is 497 g/mol. The highest BCUT2D eigenvalue weighted by molar-refractivity contribution is 5.90. The first-order valence-corrected chi connectivity index (χ1v) is 13.3. The summed E-state index contributed by atoms with van der Waals surface area (Å²) in [6.45, 7) is 2.25. The van der Waals surface area contributed by atoms with Crippen LogP contribution in [0.2, 0.25) is 0 Å². The van der Waals surface area contributed by atoms with Crippen LogP contribution >= 0.6 is 0 Å². The normalized spacial score (nSPS) is 22.0. The number of aromatic nitrogens is 1. The molecule has 0 unspecified atom stereocenters. The lowest BCUT2D eigenvalue weighted by atomic mass is 9.68. The number of rotatable bonds is 5. The van der Waals surface area contributed by atoms with E-state index in [1.54, 1.807) is 7.11 Å². The van der Waals surface area contributed by atoms with Crippen LogP contribution in [0.5, 0.6) is 5.75 Å². The number of amides is 2. The Morgan fingerprint density at radius 1 is 1.17 bits per heavy atom. The summed E-state index contributed by atoms with van der Waals surface area (Å²) in [5.74, 6) is 1.18. The number of likely N-dealkylation sites (N-methyl/N-ethyl adjacent to an activating group) is 1. The van der Waals surface area contributed by atoms with Gasteiger partial charge in [-0.25, -0.2) is 0 Å². The molecule has 1 aromatic heterocycles. The number of fused-ring (bicyclic) bond motifs is 4. The molecule has 8 nitrogen and oxygen atoms in total. The third-order valence-electron chi connectivity index (χ3n) is 8.83. The van der Waals surface area contributed by atoms with Gasteiger partial charge in [0.1, 0.15) is 5.75 Å². The standard InChI is InChI=1S/C28H40N4O4/c1-29(2)16-24(34)31-13-11-28(12-14-31)18-32(27(35)19-7-5-6-8-19)23(17-33)26-25(28)21-10-9-20(36-4)15-22(21)30(26)3/h9-10,15,19,23,33H,5-8,11-14,16-18H2,1-4H3/t23-/m1/s1. The van der Waals surface area contributed by atoms with Crippen molar-refractivity contribution in [2.45, 2.75) is 50.0 Å². The molecular formula is C28H40N4O4. The molecule has 36 heavy (non-hydrogen) atoms. The average Bonchev–Trinajstić information content (AvgIpc) is 3.51. The molecule has 2 fully saturated rings. The predicted molar refractivity (Wildman–Crippen MR) is 139 cm³/mol. The SMILES string of the molecule is COc1ccc2c3c(n(C)c2c1)[C@@H](CO)N(C(=O)C1CCCC1)CC31CCN(C(=O)CN(C)C)CC1. The first-order chi connectivity index (χ1) is 17.3. The van der Waals surface area contributed by atoms with Gasteiger partial charge in [0.05, 0.1) is 31.8 Å². The summed E-state index contributed by atoms with van der Waals surface area (Å²) in [6, 6.07) is 5.81. The smallest absolute Gasteiger partial charge is 0.236 e.